The van der Waals surface area contributed by atoms with Crippen molar-refractivity contribution in [3.63, 3.8) is 0 Å². The molecule has 0 aliphatic heterocycles. The minimum Gasteiger partial charge on any atom is -0.544 e. The second-order valence-electron chi connectivity index (χ2n) is 13.3. The van der Waals surface area contributed by atoms with Crippen LogP contribution in [0.2, 0.25) is 0 Å². The highest BCUT2D eigenvalue weighted by atomic mass is 16.4. The number of hydrogen-bond acceptors (Lipinski definition) is 4. The molecular formula is C38H71NO6. The van der Waals surface area contributed by atoms with Crippen LogP contribution >= 0.6 is 0 Å². The molecule has 0 aromatic rings. The SMILES string of the molecule is CCCCCCCCCC/C=C/CCCCCCCCCCC[N+](C(CCC)C(=O)[O-])(C(CCC)C(=O)O)C(CCC)C(=O)O. The van der Waals surface area contributed by atoms with Crippen molar-refractivity contribution in [2.24, 2.45) is 0 Å². The van der Waals surface area contributed by atoms with Crippen LogP contribution in [-0.2, 0) is 14.4 Å². The van der Waals surface area contributed by atoms with Gasteiger partial charge in [0.1, 0.15) is 6.04 Å². The Morgan fingerprint density at radius 2 is 0.844 bits per heavy atom. The number of unbranched alkanes of at least 4 members (excludes halogenated alkanes) is 17. The summed E-state index contributed by atoms with van der Waals surface area (Å²) >= 11 is 0. The van der Waals surface area contributed by atoms with Crippen molar-refractivity contribution in [1.29, 1.82) is 0 Å². The van der Waals surface area contributed by atoms with Gasteiger partial charge in [-0.15, -0.1) is 0 Å². The molecule has 0 bridgehead atoms. The van der Waals surface area contributed by atoms with Crippen molar-refractivity contribution in [2.45, 2.75) is 206 Å². The first-order valence-electron chi connectivity index (χ1n) is 18.9. The Labute approximate surface area is 276 Å². The summed E-state index contributed by atoms with van der Waals surface area (Å²) in [4.78, 5) is 37.7. The summed E-state index contributed by atoms with van der Waals surface area (Å²) < 4.78 is -0.434. The Balaban J connectivity index is 4.68. The lowest BCUT2D eigenvalue weighted by Crippen LogP contribution is -2.74. The number of carbonyl (C=O) groups is 3. The van der Waals surface area contributed by atoms with E-state index in [1.165, 1.54) is 89.9 Å². The molecule has 7 heteroatoms. The summed E-state index contributed by atoms with van der Waals surface area (Å²) in [5.74, 6) is -3.55. The van der Waals surface area contributed by atoms with Gasteiger partial charge in [-0.2, -0.15) is 0 Å². The highest BCUT2D eigenvalue weighted by molar-refractivity contribution is 5.77. The number of carboxylic acid groups (broad SMARTS) is 3. The molecule has 0 rings (SSSR count). The summed E-state index contributed by atoms with van der Waals surface area (Å²) in [5.41, 5.74) is 0. The standard InChI is InChI=1S/C38H71NO6/c1-5-9-10-11-12-13-14-15-16-17-18-19-20-21-22-23-24-25-26-27-28-32-39(33(29-6-2)36(40)41,34(30-7-3)37(42)43)35(31-8-4)38(44)45/h17-18,33-35H,5-16,19-32H2,1-4H3,(H2-,40,41,42,43,44,45)/b18-17+. The van der Waals surface area contributed by atoms with Gasteiger partial charge in [0.2, 0.25) is 0 Å². The van der Waals surface area contributed by atoms with Crippen LogP contribution in [0.15, 0.2) is 12.2 Å². The molecule has 0 saturated heterocycles. The molecule has 0 spiro atoms. The Hall–Kier alpha value is -1.89. The Bertz CT molecular complexity index is 722. The zero-order valence-corrected chi connectivity index (χ0v) is 29.7. The molecule has 3 atom stereocenters. The molecule has 0 aromatic heterocycles. The van der Waals surface area contributed by atoms with E-state index in [1.54, 1.807) is 0 Å². The van der Waals surface area contributed by atoms with Gasteiger partial charge in [0, 0.05) is 19.3 Å². The Kier molecular flexibility index (Phi) is 27.2. The average Bonchev–Trinajstić information content (AvgIpc) is 3.00. The predicted molar refractivity (Wildman–Crippen MR) is 184 cm³/mol. The van der Waals surface area contributed by atoms with Gasteiger partial charge in [-0.1, -0.05) is 130 Å². The maximum Gasteiger partial charge on any atom is 0.362 e. The van der Waals surface area contributed by atoms with Crippen LogP contribution in [0.1, 0.15) is 188 Å². The summed E-state index contributed by atoms with van der Waals surface area (Å²) in [5, 5.41) is 33.1. The average molecular weight is 638 g/mol. The third-order valence-electron chi connectivity index (χ3n) is 9.58. The largest absolute Gasteiger partial charge is 0.544 e. The lowest BCUT2D eigenvalue weighted by molar-refractivity contribution is -0.975. The van der Waals surface area contributed by atoms with Crippen molar-refractivity contribution >= 4 is 17.9 Å². The second-order valence-corrected chi connectivity index (χ2v) is 13.3. The summed E-state index contributed by atoms with van der Waals surface area (Å²) in [6, 6.07) is -3.33. The van der Waals surface area contributed by atoms with E-state index in [1.807, 2.05) is 20.8 Å². The molecule has 0 amide bonds. The topological polar surface area (TPSA) is 115 Å². The zero-order chi connectivity index (χ0) is 33.8. The normalized spacial score (nSPS) is 15.1. The lowest BCUT2D eigenvalue weighted by Gasteiger charge is -2.52. The van der Waals surface area contributed by atoms with E-state index < -0.39 is 40.5 Å². The van der Waals surface area contributed by atoms with Crippen LogP contribution < -0.4 is 5.11 Å². The van der Waals surface area contributed by atoms with E-state index in [4.69, 9.17) is 0 Å². The van der Waals surface area contributed by atoms with Crippen molar-refractivity contribution in [2.75, 3.05) is 6.54 Å². The maximum atomic E-state index is 12.6. The summed E-state index contributed by atoms with van der Waals surface area (Å²) in [6.07, 6.45) is 30.0. The highest BCUT2D eigenvalue weighted by Crippen LogP contribution is 2.34. The van der Waals surface area contributed by atoms with Gasteiger partial charge in [-0.05, 0) is 51.4 Å². The van der Waals surface area contributed by atoms with Crippen LogP contribution in [0.25, 0.3) is 0 Å². The van der Waals surface area contributed by atoms with E-state index in [2.05, 4.69) is 19.1 Å². The molecule has 45 heavy (non-hydrogen) atoms. The molecule has 0 saturated carbocycles. The molecule has 0 aliphatic rings. The minimum atomic E-state index is -1.33. The molecule has 2 N–H and O–H groups in total. The van der Waals surface area contributed by atoms with Gasteiger partial charge in [-0.25, -0.2) is 9.59 Å². The molecular weight excluding hydrogens is 566 g/mol. The van der Waals surface area contributed by atoms with Gasteiger partial charge in [-0.3, -0.25) is 4.48 Å². The summed E-state index contributed by atoms with van der Waals surface area (Å²) in [7, 11) is 0. The van der Waals surface area contributed by atoms with Crippen LogP contribution in [0.4, 0.5) is 0 Å². The van der Waals surface area contributed by atoms with E-state index in [0.717, 1.165) is 25.7 Å². The van der Waals surface area contributed by atoms with E-state index >= 15 is 0 Å². The van der Waals surface area contributed by atoms with E-state index in [0.29, 0.717) is 25.7 Å². The quantitative estimate of drug-likeness (QED) is 0.0421. The lowest BCUT2D eigenvalue weighted by atomic mass is 9.91. The van der Waals surface area contributed by atoms with Crippen LogP contribution in [0.5, 0.6) is 0 Å². The van der Waals surface area contributed by atoms with E-state index in [9.17, 15) is 29.7 Å². The molecule has 3 unspecified atom stereocenters. The van der Waals surface area contributed by atoms with Crippen molar-refractivity contribution in [1.82, 2.24) is 0 Å². The number of aliphatic carboxylic acids is 3. The first-order valence-corrected chi connectivity index (χ1v) is 18.9. The third kappa shape index (κ3) is 18.1. The first-order chi connectivity index (χ1) is 21.7. The number of carboxylic acids is 3. The number of carbonyl (C=O) groups excluding carboxylic acids is 1. The van der Waals surface area contributed by atoms with Gasteiger partial charge in [0.15, 0.2) is 12.1 Å². The Morgan fingerprint density at radius 1 is 0.511 bits per heavy atom. The minimum absolute atomic E-state index is 0.207. The monoisotopic (exact) mass is 638 g/mol. The van der Waals surface area contributed by atoms with Crippen molar-refractivity contribution in [3.8, 4) is 0 Å². The molecule has 7 nitrogen and oxygen atoms in total. The molecule has 0 radical (unpaired) electrons. The number of nitrogens with zero attached hydrogens (tertiary/aromatic N) is 1. The fourth-order valence-corrected chi connectivity index (χ4v) is 7.15. The number of hydrogen-bond donors (Lipinski definition) is 2. The van der Waals surface area contributed by atoms with Crippen molar-refractivity contribution < 1.29 is 34.2 Å². The summed E-state index contributed by atoms with van der Waals surface area (Å²) in [6.45, 7) is 8.08. The molecule has 264 valence electrons. The molecule has 0 aliphatic carbocycles. The molecule has 0 aromatic carbocycles. The fraction of sp³-hybridized carbons (Fsp3) is 0.868. The second kappa shape index (κ2) is 28.3. The number of rotatable bonds is 33. The number of quaternary nitrogens is 1. The van der Waals surface area contributed by atoms with Gasteiger partial charge < -0.3 is 20.1 Å². The van der Waals surface area contributed by atoms with Crippen molar-refractivity contribution in [3.05, 3.63) is 12.2 Å². The van der Waals surface area contributed by atoms with Crippen LogP contribution in [0.3, 0.4) is 0 Å². The van der Waals surface area contributed by atoms with Gasteiger partial charge in [0.25, 0.3) is 0 Å². The molecule has 0 fully saturated rings. The first kappa shape index (κ1) is 43.1. The van der Waals surface area contributed by atoms with Gasteiger partial charge in [0.05, 0.1) is 12.5 Å². The maximum absolute atomic E-state index is 12.6. The smallest absolute Gasteiger partial charge is 0.362 e. The van der Waals surface area contributed by atoms with E-state index in [-0.39, 0.29) is 25.8 Å². The predicted octanol–water partition coefficient (Wildman–Crippen LogP) is 9.22. The molecule has 0 heterocycles. The highest BCUT2D eigenvalue weighted by Gasteiger charge is 2.54. The Morgan fingerprint density at radius 3 is 1.18 bits per heavy atom. The number of allylic oxidation sites excluding steroid dienone is 2. The fourth-order valence-electron chi connectivity index (χ4n) is 7.15. The van der Waals surface area contributed by atoms with Crippen LogP contribution in [-0.4, -0.2) is 57.3 Å². The third-order valence-corrected chi connectivity index (χ3v) is 9.58. The zero-order valence-electron chi connectivity index (χ0n) is 29.7. The van der Waals surface area contributed by atoms with Crippen LogP contribution in [0, 0.1) is 0 Å². The van der Waals surface area contributed by atoms with Gasteiger partial charge >= 0.3 is 11.9 Å².